The number of aryl methyl sites for hydroxylation is 1. The molecule has 4 aromatic carbocycles. The summed E-state index contributed by atoms with van der Waals surface area (Å²) in [5.41, 5.74) is 6.98. The van der Waals surface area contributed by atoms with Gasteiger partial charge in [-0.25, -0.2) is 10.1 Å². The fraction of sp³-hybridized carbons (Fsp3) is 0.0357. The number of carbonyl (C=O) groups is 1. The Morgan fingerprint density at radius 3 is 2.44 bits per heavy atom. The van der Waals surface area contributed by atoms with Crippen LogP contribution in [0.1, 0.15) is 21.6 Å². The molecule has 0 spiro atoms. The van der Waals surface area contributed by atoms with Gasteiger partial charge in [-0.15, -0.1) is 0 Å². The van der Waals surface area contributed by atoms with Crippen LogP contribution in [-0.2, 0) is 0 Å². The second-order valence-corrected chi connectivity index (χ2v) is 8.24. The first kappa shape index (κ1) is 22.7. The SMILES string of the molecule is Cc1ccc(-n2nc(C(=O)N/N=C\c3ccc([N+](=O)[O-])cc3)cc2-c2cccc3ccccc23)cc1. The molecular formula is C28H21N5O3. The van der Waals surface area contributed by atoms with Gasteiger partial charge in [0.05, 0.1) is 22.5 Å². The van der Waals surface area contributed by atoms with E-state index in [4.69, 9.17) is 0 Å². The zero-order chi connectivity index (χ0) is 25.1. The number of nitro groups is 1. The number of aromatic nitrogens is 2. The lowest BCUT2D eigenvalue weighted by Gasteiger charge is -2.10. The number of fused-ring (bicyclic) bond motifs is 1. The highest BCUT2D eigenvalue weighted by molar-refractivity contribution is 5.99. The molecule has 0 bridgehead atoms. The van der Waals surface area contributed by atoms with Crippen LogP contribution in [0.25, 0.3) is 27.7 Å². The Balaban J connectivity index is 1.48. The minimum absolute atomic E-state index is 0.0150. The summed E-state index contributed by atoms with van der Waals surface area (Å²) >= 11 is 0. The Morgan fingerprint density at radius 2 is 1.69 bits per heavy atom. The van der Waals surface area contributed by atoms with Crippen molar-refractivity contribution in [2.75, 3.05) is 0 Å². The Morgan fingerprint density at radius 1 is 0.972 bits per heavy atom. The van der Waals surface area contributed by atoms with Gasteiger partial charge in [-0.1, -0.05) is 60.2 Å². The van der Waals surface area contributed by atoms with Gasteiger partial charge in [0.2, 0.25) is 0 Å². The van der Waals surface area contributed by atoms with Crippen molar-refractivity contribution in [3.8, 4) is 16.9 Å². The van der Waals surface area contributed by atoms with Crippen LogP contribution in [-0.4, -0.2) is 26.8 Å². The Bertz CT molecular complexity index is 1600. The van der Waals surface area contributed by atoms with Crippen LogP contribution >= 0.6 is 0 Å². The van der Waals surface area contributed by atoms with Crippen molar-refractivity contribution in [1.82, 2.24) is 15.2 Å². The van der Waals surface area contributed by atoms with E-state index in [1.54, 1.807) is 22.9 Å². The molecule has 5 rings (SSSR count). The first-order chi connectivity index (χ1) is 17.5. The van der Waals surface area contributed by atoms with Gasteiger partial charge in [-0.05, 0) is 53.6 Å². The lowest BCUT2D eigenvalue weighted by Crippen LogP contribution is -2.18. The Hall–Kier alpha value is -5.11. The summed E-state index contributed by atoms with van der Waals surface area (Å²) in [5.74, 6) is -0.472. The van der Waals surface area contributed by atoms with E-state index in [2.05, 4.69) is 15.6 Å². The number of hydrogen-bond acceptors (Lipinski definition) is 5. The lowest BCUT2D eigenvalue weighted by atomic mass is 10.0. The molecule has 1 N–H and O–H groups in total. The highest BCUT2D eigenvalue weighted by Crippen LogP contribution is 2.31. The van der Waals surface area contributed by atoms with Gasteiger partial charge < -0.3 is 0 Å². The molecule has 0 saturated carbocycles. The van der Waals surface area contributed by atoms with Gasteiger partial charge in [0.25, 0.3) is 11.6 Å². The second kappa shape index (κ2) is 9.63. The normalized spacial score (nSPS) is 11.1. The molecule has 0 aliphatic heterocycles. The van der Waals surface area contributed by atoms with E-state index in [0.717, 1.165) is 33.3 Å². The standard InChI is InChI=1S/C28H21N5O3/c1-19-9-13-22(14-10-19)32-27(25-8-4-6-21-5-2-3-7-24(21)25)17-26(31-32)28(34)30-29-18-20-11-15-23(16-12-20)33(35)36/h2-18H,1H3,(H,30,34)/b29-18-. The molecule has 1 aromatic heterocycles. The summed E-state index contributed by atoms with van der Waals surface area (Å²) in [6.45, 7) is 2.01. The van der Waals surface area contributed by atoms with Gasteiger partial charge in [-0.2, -0.15) is 10.2 Å². The highest BCUT2D eigenvalue weighted by atomic mass is 16.6. The van der Waals surface area contributed by atoms with Gasteiger partial charge in [0.15, 0.2) is 5.69 Å². The minimum Gasteiger partial charge on any atom is -0.265 e. The summed E-state index contributed by atoms with van der Waals surface area (Å²) in [4.78, 5) is 23.3. The fourth-order valence-corrected chi connectivity index (χ4v) is 3.92. The molecule has 0 aliphatic rings. The number of carbonyl (C=O) groups excluding carboxylic acids is 1. The van der Waals surface area contributed by atoms with Crippen LogP contribution in [0.15, 0.2) is 102 Å². The quantitative estimate of drug-likeness (QED) is 0.194. The van der Waals surface area contributed by atoms with Gasteiger partial charge in [-0.3, -0.25) is 14.9 Å². The maximum atomic E-state index is 12.9. The molecule has 8 nitrogen and oxygen atoms in total. The van der Waals surface area contributed by atoms with Crippen molar-refractivity contribution in [2.24, 2.45) is 5.10 Å². The minimum atomic E-state index is -0.472. The Labute approximate surface area is 206 Å². The zero-order valence-electron chi connectivity index (χ0n) is 19.3. The smallest absolute Gasteiger partial charge is 0.265 e. The molecule has 176 valence electrons. The van der Waals surface area contributed by atoms with Crippen LogP contribution in [0, 0.1) is 17.0 Å². The van der Waals surface area contributed by atoms with Crippen LogP contribution in [0.4, 0.5) is 5.69 Å². The van der Waals surface area contributed by atoms with E-state index >= 15 is 0 Å². The summed E-state index contributed by atoms with van der Waals surface area (Å²) < 4.78 is 1.76. The summed E-state index contributed by atoms with van der Waals surface area (Å²) in [5, 5.41) is 21.5. The summed E-state index contributed by atoms with van der Waals surface area (Å²) in [6.07, 6.45) is 1.42. The van der Waals surface area contributed by atoms with E-state index in [-0.39, 0.29) is 11.4 Å². The fourth-order valence-electron chi connectivity index (χ4n) is 3.92. The molecule has 1 heterocycles. The molecule has 0 unspecified atom stereocenters. The largest absolute Gasteiger partial charge is 0.291 e. The summed E-state index contributed by atoms with van der Waals surface area (Å²) in [7, 11) is 0. The van der Waals surface area contributed by atoms with E-state index in [1.165, 1.54) is 18.3 Å². The van der Waals surface area contributed by atoms with Crippen molar-refractivity contribution < 1.29 is 9.72 Å². The van der Waals surface area contributed by atoms with Crippen molar-refractivity contribution >= 4 is 28.6 Å². The predicted octanol–water partition coefficient (Wildman–Crippen LogP) is 5.67. The first-order valence-corrected chi connectivity index (χ1v) is 11.2. The number of benzene rings is 4. The van der Waals surface area contributed by atoms with E-state index < -0.39 is 10.8 Å². The number of nitro benzene ring substituents is 1. The molecule has 36 heavy (non-hydrogen) atoms. The predicted molar refractivity (Wildman–Crippen MR) is 139 cm³/mol. The molecule has 0 fully saturated rings. The molecule has 0 radical (unpaired) electrons. The van der Waals surface area contributed by atoms with E-state index in [9.17, 15) is 14.9 Å². The number of nitrogens with zero attached hydrogens (tertiary/aromatic N) is 4. The molecule has 8 heteroatoms. The topological polar surface area (TPSA) is 102 Å². The van der Waals surface area contributed by atoms with Crippen molar-refractivity contribution in [3.63, 3.8) is 0 Å². The number of non-ortho nitro benzene ring substituents is 1. The second-order valence-electron chi connectivity index (χ2n) is 8.24. The molecule has 0 aliphatic carbocycles. The summed E-state index contributed by atoms with van der Waals surface area (Å²) in [6, 6.07) is 29.7. The molecule has 0 saturated heterocycles. The first-order valence-electron chi connectivity index (χ1n) is 11.2. The third-order valence-corrected chi connectivity index (χ3v) is 5.77. The maximum absolute atomic E-state index is 12.9. The Kier molecular flexibility index (Phi) is 6.07. The maximum Gasteiger partial charge on any atom is 0.291 e. The third-order valence-electron chi connectivity index (χ3n) is 5.77. The lowest BCUT2D eigenvalue weighted by molar-refractivity contribution is -0.384. The number of hydrogen-bond donors (Lipinski definition) is 1. The average molecular weight is 476 g/mol. The van der Waals surface area contributed by atoms with Crippen LogP contribution < -0.4 is 5.43 Å². The van der Waals surface area contributed by atoms with Crippen LogP contribution in [0.2, 0.25) is 0 Å². The van der Waals surface area contributed by atoms with E-state index in [1.807, 2.05) is 73.7 Å². The van der Waals surface area contributed by atoms with Crippen molar-refractivity contribution in [1.29, 1.82) is 0 Å². The number of amides is 1. The molecule has 1 amide bonds. The monoisotopic (exact) mass is 475 g/mol. The van der Waals surface area contributed by atoms with Gasteiger partial charge >= 0.3 is 0 Å². The average Bonchev–Trinajstić information content (AvgIpc) is 3.34. The van der Waals surface area contributed by atoms with Gasteiger partial charge in [0, 0.05) is 17.7 Å². The van der Waals surface area contributed by atoms with Crippen molar-refractivity contribution in [2.45, 2.75) is 6.92 Å². The number of nitrogens with one attached hydrogen (secondary N) is 1. The van der Waals surface area contributed by atoms with Crippen molar-refractivity contribution in [3.05, 3.63) is 124 Å². The third kappa shape index (κ3) is 4.60. The molecule has 0 atom stereocenters. The zero-order valence-corrected chi connectivity index (χ0v) is 19.3. The van der Waals surface area contributed by atoms with E-state index in [0.29, 0.717) is 5.56 Å². The van der Waals surface area contributed by atoms with Crippen LogP contribution in [0.5, 0.6) is 0 Å². The molecule has 5 aromatic rings. The van der Waals surface area contributed by atoms with Gasteiger partial charge in [0.1, 0.15) is 0 Å². The number of hydrazone groups is 1. The molecular weight excluding hydrogens is 454 g/mol. The van der Waals surface area contributed by atoms with Crippen LogP contribution in [0.3, 0.4) is 0 Å². The highest BCUT2D eigenvalue weighted by Gasteiger charge is 2.18. The number of rotatable bonds is 6.